The Kier molecular flexibility index (Phi) is 5.21. The zero-order valence-corrected chi connectivity index (χ0v) is 13.6. The van der Waals surface area contributed by atoms with Gasteiger partial charge in [-0.05, 0) is 30.7 Å². The summed E-state index contributed by atoms with van der Waals surface area (Å²) in [7, 11) is 0. The monoisotopic (exact) mass is 327 g/mol. The summed E-state index contributed by atoms with van der Waals surface area (Å²) in [6.07, 6.45) is -0.145. The van der Waals surface area contributed by atoms with E-state index in [2.05, 4.69) is 5.32 Å². The van der Waals surface area contributed by atoms with Crippen LogP contribution in [0.4, 0.5) is 0 Å². The molecule has 1 amide bonds. The van der Waals surface area contributed by atoms with Gasteiger partial charge in [0, 0.05) is 0 Å². The standard InChI is InChI=1S/C19H21NO4/c1-2-16(23-14-8-4-3-5-9-14)19(21)20-12-15-13-22-17-10-6-7-11-18(17)24-15/h3-11,15-16H,2,12-13H2,1H3,(H,20,21)/t15-,16+/m0/s1. The lowest BCUT2D eigenvalue weighted by Crippen LogP contribution is -2.45. The largest absolute Gasteiger partial charge is 0.486 e. The molecule has 0 aromatic heterocycles. The molecule has 0 saturated heterocycles. The fraction of sp³-hybridized carbons (Fsp3) is 0.316. The topological polar surface area (TPSA) is 56.8 Å². The van der Waals surface area contributed by atoms with Crippen LogP contribution in [0.2, 0.25) is 0 Å². The predicted octanol–water partition coefficient (Wildman–Crippen LogP) is 2.80. The van der Waals surface area contributed by atoms with E-state index in [1.807, 2.05) is 61.5 Å². The van der Waals surface area contributed by atoms with Crippen molar-refractivity contribution in [1.29, 1.82) is 0 Å². The molecule has 1 aliphatic rings. The summed E-state index contributed by atoms with van der Waals surface area (Å²) in [6, 6.07) is 16.9. The number of fused-ring (bicyclic) bond motifs is 1. The molecule has 1 N–H and O–H groups in total. The van der Waals surface area contributed by atoms with Crippen molar-refractivity contribution >= 4 is 5.91 Å². The third kappa shape index (κ3) is 3.98. The molecule has 0 aliphatic carbocycles. The van der Waals surface area contributed by atoms with E-state index in [1.54, 1.807) is 0 Å². The first-order chi connectivity index (χ1) is 11.8. The minimum atomic E-state index is -0.524. The second kappa shape index (κ2) is 7.73. The molecular formula is C19H21NO4. The molecular weight excluding hydrogens is 306 g/mol. The van der Waals surface area contributed by atoms with E-state index < -0.39 is 6.10 Å². The number of nitrogens with one attached hydrogen (secondary N) is 1. The van der Waals surface area contributed by atoms with Crippen molar-refractivity contribution < 1.29 is 19.0 Å². The molecule has 1 heterocycles. The molecule has 2 aromatic carbocycles. The Morgan fingerprint density at radius 1 is 1.17 bits per heavy atom. The van der Waals surface area contributed by atoms with Gasteiger partial charge in [0.1, 0.15) is 18.5 Å². The van der Waals surface area contributed by atoms with Crippen LogP contribution in [0.15, 0.2) is 54.6 Å². The number of benzene rings is 2. The van der Waals surface area contributed by atoms with Crippen LogP contribution < -0.4 is 19.5 Å². The minimum absolute atomic E-state index is 0.149. The normalized spacial score (nSPS) is 17.0. The maximum atomic E-state index is 12.3. The molecule has 0 unspecified atom stereocenters. The third-order valence-corrected chi connectivity index (χ3v) is 3.76. The first-order valence-corrected chi connectivity index (χ1v) is 8.14. The van der Waals surface area contributed by atoms with E-state index in [1.165, 1.54) is 0 Å². The zero-order valence-electron chi connectivity index (χ0n) is 13.6. The second-order valence-electron chi connectivity index (χ2n) is 5.57. The van der Waals surface area contributed by atoms with E-state index in [-0.39, 0.29) is 12.0 Å². The van der Waals surface area contributed by atoms with Gasteiger partial charge >= 0.3 is 0 Å². The molecule has 2 aromatic rings. The highest BCUT2D eigenvalue weighted by Crippen LogP contribution is 2.30. The molecule has 24 heavy (non-hydrogen) atoms. The molecule has 0 bridgehead atoms. The number of rotatable bonds is 6. The van der Waals surface area contributed by atoms with Crippen molar-refractivity contribution in [3.05, 3.63) is 54.6 Å². The fourth-order valence-electron chi connectivity index (χ4n) is 2.48. The molecule has 3 rings (SSSR count). The number of carbonyl (C=O) groups is 1. The first kappa shape index (κ1) is 16.2. The molecule has 1 aliphatic heterocycles. The van der Waals surface area contributed by atoms with E-state index in [9.17, 15) is 4.79 Å². The van der Waals surface area contributed by atoms with Crippen LogP contribution in [-0.4, -0.2) is 31.3 Å². The van der Waals surface area contributed by atoms with Crippen molar-refractivity contribution in [1.82, 2.24) is 5.32 Å². The van der Waals surface area contributed by atoms with Gasteiger partial charge in [0.15, 0.2) is 17.6 Å². The summed E-state index contributed by atoms with van der Waals surface area (Å²) in [6.45, 7) is 2.71. The minimum Gasteiger partial charge on any atom is -0.486 e. The fourth-order valence-corrected chi connectivity index (χ4v) is 2.48. The van der Waals surface area contributed by atoms with E-state index >= 15 is 0 Å². The smallest absolute Gasteiger partial charge is 0.261 e. The van der Waals surface area contributed by atoms with Crippen LogP contribution in [-0.2, 0) is 4.79 Å². The Morgan fingerprint density at radius 2 is 1.88 bits per heavy atom. The van der Waals surface area contributed by atoms with Gasteiger partial charge in [-0.3, -0.25) is 4.79 Å². The molecule has 5 heteroatoms. The van der Waals surface area contributed by atoms with Crippen LogP contribution in [0.25, 0.3) is 0 Å². The van der Waals surface area contributed by atoms with Crippen LogP contribution in [0.5, 0.6) is 17.2 Å². The Hall–Kier alpha value is -2.69. The summed E-state index contributed by atoms with van der Waals surface area (Å²) < 4.78 is 17.2. The number of ether oxygens (including phenoxy) is 3. The van der Waals surface area contributed by atoms with Crippen molar-refractivity contribution in [3.8, 4) is 17.2 Å². The van der Waals surface area contributed by atoms with E-state index in [0.717, 1.165) is 5.75 Å². The van der Waals surface area contributed by atoms with Gasteiger partial charge in [-0.25, -0.2) is 0 Å². The molecule has 0 saturated carbocycles. The number of hydrogen-bond donors (Lipinski definition) is 1. The summed E-state index contributed by atoms with van der Waals surface area (Å²) >= 11 is 0. The first-order valence-electron chi connectivity index (χ1n) is 8.14. The van der Waals surface area contributed by atoms with E-state index in [0.29, 0.717) is 31.1 Å². The van der Waals surface area contributed by atoms with Gasteiger partial charge in [0.05, 0.1) is 6.54 Å². The Balaban J connectivity index is 1.51. The summed E-state index contributed by atoms with van der Waals surface area (Å²) in [5.41, 5.74) is 0. The highest BCUT2D eigenvalue weighted by molar-refractivity contribution is 5.81. The predicted molar refractivity (Wildman–Crippen MR) is 90.5 cm³/mol. The molecule has 0 radical (unpaired) electrons. The van der Waals surface area contributed by atoms with E-state index in [4.69, 9.17) is 14.2 Å². The lowest BCUT2D eigenvalue weighted by Gasteiger charge is -2.27. The summed E-state index contributed by atoms with van der Waals surface area (Å²) in [4.78, 5) is 12.3. The van der Waals surface area contributed by atoms with Crippen molar-refractivity contribution in [2.24, 2.45) is 0 Å². The van der Waals surface area contributed by atoms with Gasteiger partial charge in [0.2, 0.25) is 0 Å². The Labute approximate surface area is 141 Å². The molecule has 0 fully saturated rings. The van der Waals surface area contributed by atoms with Crippen LogP contribution in [0.1, 0.15) is 13.3 Å². The van der Waals surface area contributed by atoms with Gasteiger partial charge in [-0.2, -0.15) is 0 Å². The second-order valence-corrected chi connectivity index (χ2v) is 5.57. The van der Waals surface area contributed by atoms with Crippen molar-refractivity contribution in [2.45, 2.75) is 25.6 Å². The lowest BCUT2D eigenvalue weighted by molar-refractivity contribution is -0.128. The lowest BCUT2D eigenvalue weighted by atomic mass is 10.2. The van der Waals surface area contributed by atoms with Crippen molar-refractivity contribution in [2.75, 3.05) is 13.2 Å². The molecule has 2 atom stereocenters. The Bertz CT molecular complexity index is 674. The van der Waals surface area contributed by atoms with Gasteiger partial charge in [0.25, 0.3) is 5.91 Å². The maximum Gasteiger partial charge on any atom is 0.261 e. The average molecular weight is 327 g/mol. The number of carbonyl (C=O) groups excluding carboxylic acids is 1. The van der Waals surface area contributed by atoms with Crippen LogP contribution >= 0.6 is 0 Å². The van der Waals surface area contributed by atoms with Crippen LogP contribution in [0.3, 0.4) is 0 Å². The van der Waals surface area contributed by atoms with Crippen molar-refractivity contribution in [3.63, 3.8) is 0 Å². The summed E-state index contributed by atoms with van der Waals surface area (Å²) in [5, 5.41) is 2.89. The quantitative estimate of drug-likeness (QED) is 0.886. The summed E-state index contributed by atoms with van der Waals surface area (Å²) in [5.74, 6) is 1.98. The molecule has 5 nitrogen and oxygen atoms in total. The highest BCUT2D eigenvalue weighted by atomic mass is 16.6. The molecule has 126 valence electrons. The van der Waals surface area contributed by atoms with Gasteiger partial charge < -0.3 is 19.5 Å². The SMILES string of the molecule is CC[C@@H](Oc1ccccc1)C(=O)NC[C@H]1COc2ccccc2O1. The van der Waals surface area contributed by atoms with Gasteiger partial charge in [-0.1, -0.05) is 37.3 Å². The van der Waals surface area contributed by atoms with Crippen LogP contribution in [0, 0.1) is 0 Å². The number of amides is 1. The average Bonchev–Trinajstić information content (AvgIpc) is 2.65. The maximum absolute atomic E-state index is 12.3. The number of para-hydroxylation sites is 3. The highest BCUT2D eigenvalue weighted by Gasteiger charge is 2.23. The third-order valence-electron chi connectivity index (χ3n) is 3.76. The number of hydrogen-bond acceptors (Lipinski definition) is 4. The Morgan fingerprint density at radius 3 is 2.62 bits per heavy atom. The van der Waals surface area contributed by atoms with Gasteiger partial charge in [-0.15, -0.1) is 0 Å². The zero-order chi connectivity index (χ0) is 16.8. The molecule has 0 spiro atoms.